The Labute approximate surface area is 311 Å². The van der Waals surface area contributed by atoms with Crippen LogP contribution in [0.2, 0.25) is 5.04 Å². The number of aromatic amines is 1. The lowest BCUT2D eigenvalue weighted by atomic mass is 9.97. The quantitative estimate of drug-likeness (QED) is 0.119. The fourth-order valence-corrected chi connectivity index (χ4v) is 12.7. The lowest BCUT2D eigenvalue weighted by Gasteiger charge is -2.45. The standard InChI is InChI=1S/C35H39F3N2O11S2Si/c1-24-16-18-25(19-17-24)52(43,44)48-22-34(23-49-54(33(2,3)4,26-12-8-6-9-13-26)27-14-10-7-11-15-27)30(47-5)29(51-53(45,46)35(36,37)38)31(50-34)40-21-20-28(41)39-32(40)42/h6-21,29-31H,22-23H2,1-5H3,(H,39,41,42)/t29-,30+,31-,34-/m1/s1. The van der Waals surface area contributed by atoms with Crippen LogP contribution < -0.4 is 21.6 Å². The van der Waals surface area contributed by atoms with Gasteiger partial charge in [0.25, 0.3) is 24.0 Å². The van der Waals surface area contributed by atoms with Gasteiger partial charge in [0.15, 0.2) is 12.3 Å². The molecular formula is C35H39F3N2O11S2Si. The van der Waals surface area contributed by atoms with E-state index in [-0.39, 0.29) is 4.90 Å². The number of methoxy groups -OCH3 is 1. The summed E-state index contributed by atoms with van der Waals surface area (Å²) in [7, 11) is -13.6. The number of alkyl halides is 3. The Morgan fingerprint density at radius 3 is 1.89 bits per heavy atom. The third-order valence-electron chi connectivity index (χ3n) is 9.07. The Bertz CT molecular complexity index is 2230. The summed E-state index contributed by atoms with van der Waals surface area (Å²) in [5.74, 6) is 0. The predicted octanol–water partition coefficient (Wildman–Crippen LogP) is 3.34. The highest BCUT2D eigenvalue weighted by molar-refractivity contribution is 7.87. The van der Waals surface area contributed by atoms with Crippen LogP contribution in [0.3, 0.4) is 0 Å². The summed E-state index contributed by atoms with van der Waals surface area (Å²) in [6.45, 7) is 5.80. The number of aryl methyl sites for hydroxylation is 1. The van der Waals surface area contributed by atoms with E-state index in [0.717, 1.165) is 35.3 Å². The highest BCUT2D eigenvalue weighted by Crippen LogP contribution is 2.45. The van der Waals surface area contributed by atoms with Crippen LogP contribution in [0.25, 0.3) is 0 Å². The van der Waals surface area contributed by atoms with Gasteiger partial charge < -0.3 is 13.9 Å². The van der Waals surface area contributed by atoms with Crippen molar-refractivity contribution in [1.29, 1.82) is 0 Å². The first kappa shape index (κ1) is 41.2. The molecule has 3 aromatic carbocycles. The Morgan fingerprint density at radius 2 is 1.41 bits per heavy atom. The average molecular weight is 813 g/mol. The second-order valence-electron chi connectivity index (χ2n) is 13.7. The SMILES string of the molecule is CO[C@H]1[C@@H](OS(=O)(=O)C(F)(F)F)[C@H](n2ccc(=O)[nH]c2=O)O[C@@]1(CO[Si](c1ccccc1)(c1ccccc1)C(C)(C)C)COS(=O)(=O)c1ccc(C)cc1. The Morgan fingerprint density at radius 1 is 0.852 bits per heavy atom. The maximum Gasteiger partial charge on any atom is 0.523 e. The highest BCUT2D eigenvalue weighted by Gasteiger charge is 2.63. The maximum atomic E-state index is 13.9. The van der Waals surface area contributed by atoms with Gasteiger partial charge in [-0.25, -0.2) is 4.79 Å². The first-order chi connectivity index (χ1) is 25.2. The van der Waals surface area contributed by atoms with Crippen LogP contribution in [0, 0.1) is 6.92 Å². The molecule has 0 amide bonds. The van der Waals surface area contributed by atoms with Crippen molar-refractivity contribution in [3.63, 3.8) is 0 Å². The number of ether oxygens (including phenoxy) is 2. The number of nitrogens with zero attached hydrogens (tertiary/aromatic N) is 1. The molecule has 1 aliphatic rings. The number of hydrogen-bond donors (Lipinski definition) is 1. The van der Waals surface area contributed by atoms with Gasteiger partial charge in [0.2, 0.25) is 0 Å². The fraction of sp³-hybridized carbons (Fsp3) is 0.371. The lowest BCUT2D eigenvalue weighted by Crippen LogP contribution is -2.68. The molecule has 13 nitrogen and oxygen atoms in total. The van der Waals surface area contributed by atoms with Crippen LogP contribution in [0.5, 0.6) is 0 Å². The van der Waals surface area contributed by atoms with E-state index in [0.29, 0.717) is 4.57 Å². The van der Waals surface area contributed by atoms with Crippen LogP contribution in [-0.4, -0.2) is 78.3 Å². The van der Waals surface area contributed by atoms with Crippen molar-refractivity contribution in [2.45, 2.75) is 67.2 Å². The van der Waals surface area contributed by atoms with Gasteiger partial charge >= 0.3 is 21.3 Å². The second kappa shape index (κ2) is 15.3. The largest absolute Gasteiger partial charge is 0.523 e. The van der Waals surface area contributed by atoms with E-state index in [1.807, 2.05) is 50.0 Å². The van der Waals surface area contributed by atoms with Crippen LogP contribution in [0.1, 0.15) is 32.6 Å². The molecule has 292 valence electrons. The van der Waals surface area contributed by atoms with Crippen molar-refractivity contribution < 1.29 is 52.3 Å². The minimum Gasteiger partial charge on any atom is -0.404 e. The summed E-state index contributed by atoms with van der Waals surface area (Å²) in [5, 5.41) is 0.803. The van der Waals surface area contributed by atoms with Crippen molar-refractivity contribution in [2.75, 3.05) is 20.3 Å². The molecule has 0 radical (unpaired) electrons. The van der Waals surface area contributed by atoms with E-state index in [1.165, 1.54) is 24.3 Å². The Hall–Kier alpha value is -3.95. The summed E-state index contributed by atoms with van der Waals surface area (Å²) in [6, 6.07) is 24.7. The third kappa shape index (κ3) is 8.03. The molecule has 54 heavy (non-hydrogen) atoms. The van der Waals surface area contributed by atoms with Crippen LogP contribution in [-0.2, 0) is 42.5 Å². The number of rotatable bonds is 13. The number of halogens is 3. The normalized spacial score (nSPS) is 21.3. The summed E-state index contributed by atoms with van der Waals surface area (Å²) in [4.78, 5) is 26.7. The Balaban J connectivity index is 1.73. The third-order valence-corrected chi connectivity index (χ3v) is 16.4. The molecule has 1 N–H and O–H groups in total. The molecule has 1 aromatic heterocycles. The minimum atomic E-state index is -6.42. The van der Waals surface area contributed by atoms with Crippen molar-refractivity contribution in [3.05, 3.63) is 124 Å². The van der Waals surface area contributed by atoms with Gasteiger partial charge in [0, 0.05) is 19.4 Å². The number of aromatic nitrogens is 2. The molecule has 0 unspecified atom stereocenters. The topological polar surface area (TPSA) is 169 Å². The van der Waals surface area contributed by atoms with Gasteiger partial charge in [-0.3, -0.25) is 22.7 Å². The second-order valence-corrected chi connectivity index (χ2v) is 21.2. The lowest BCUT2D eigenvalue weighted by molar-refractivity contribution is -0.148. The summed E-state index contributed by atoms with van der Waals surface area (Å²) >= 11 is 0. The molecule has 1 fully saturated rings. The average Bonchev–Trinajstić information content (AvgIpc) is 3.39. The van der Waals surface area contributed by atoms with E-state index in [4.69, 9.17) is 22.3 Å². The number of nitrogens with one attached hydrogen (secondary N) is 1. The first-order valence-corrected chi connectivity index (χ1v) is 21.1. The van der Waals surface area contributed by atoms with Crippen LogP contribution >= 0.6 is 0 Å². The van der Waals surface area contributed by atoms with Crippen molar-refractivity contribution in [2.24, 2.45) is 0 Å². The summed E-state index contributed by atoms with van der Waals surface area (Å²) in [5.41, 5.74) is -9.61. The van der Waals surface area contributed by atoms with Gasteiger partial charge in [0.05, 0.1) is 11.5 Å². The summed E-state index contributed by atoms with van der Waals surface area (Å²) in [6.07, 6.45) is -5.47. The predicted molar refractivity (Wildman–Crippen MR) is 193 cm³/mol. The van der Waals surface area contributed by atoms with E-state index in [1.54, 1.807) is 43.3 Å². The zero-order valence-electron chi connectivity index (χ0n) is 29.8. The van der Waals surface area contributed by atoms with Gasteiger partial charge in [-0.15, -0.1) is 0 Å². The van der Waals surface area contributed by atoms with Crippen molar-refractivity contribution in [3.8, 4) is 0 Å². The van der Waals surface area contributed by atoms with Gasteiger partial charge in [0.1, 0.15) is 18.3 Å². The molecule has 0 saturated carbocycles. The monoisotopic (exact) mass is 812 g/mol. The molecule has 19 heteroatoms. The number of benzene rings is 3. The molecule has 0 aliphatic carbocycles. The molecule has 4 aromatic rings. The smallest absolute Gasteiger partial charge is 0.404 e. The zero-order valence-corrected chi connectivity index (χ0v) is 32.4. The molecule has 5 rings (SSSR count). The Kier molecular flexibility index (Phi) is 11.7. The minimum absolute atomic E-state index is 0.274. The molecule has 0 spiro atoms. The highest BCUT2D eigenvalue weighted by atomic mass is 32.2. The van der Waals surface area contributed by atoms with E-state index >= 15 is 0 Å². The molecule has 0 bridgehead atoms. The molecular weight excluding hydrogens is 774 g/mol. The van der Waals surface area contributed by atoms with Crippen molar-refractivity contribution in [1.82, 2.24) is 9.55 Å². The molecule has 4 atom stereocenters. The number of hydrogen-bond acceptors (Lipinski definition) is 11. The van der Waals surface area contributed by atoms with Gasteiger partial charge in [-0.1, -0.05) is 99.1 Å². The first-order valence-electron chi connectivity index (χ1n) is 16.4. The van der Waals surface area contributed by atoms with Crippen molar-refractivity contribution >= 4 is 38.9 Å². The number of H-pyrrole nitrogens is 1. The van der Waals surface area contributed by atoms with E-state index < -0.39 is 87.6 Å². The zero-order chi connectivity index (χ0) is 39.7. The van der Waals surface area contributed by atoms with Crippen LogP contribution in [0.15, 0.2) is 112 Å². The van der Waals surface area contributed by atoms with Gasteiger partial charge in [-0.2, -0.15) is 30.0 Å². The maximum absolute atomic E-state index is 13.9. The fourth-order valence-electron chi connectivity index (χ4n) is 6.53. The van der Waals surface area contributed by atoms with Gasteiger partial charge in [-0.05, 0) is 34.5 Å². The molecule has 1 aliphatic heterocycles. The summed E-state index contributed by atoms with van der Waals surface area (Å²) < 4.78 is 124. The molecule has 2 heterocycles. The van der Waals surface area contributed by atoms with E-state index in [2.05, 4.69) is 0 Å². The van der Waals surface area contributed by atoms with Crippen LogP contribution in [0.4, 0.5) is 13.2 Å². The van der Waals surface area contributed by atoms with E-state index in [9.17, 15) is 39.6 Å². The molecule has 1 saturated heterocycles.